The van der Waals surface area contributed by atoms with E-state index in [-0.39, 0.29) is 5.56 Å². The molecular formula is C23H13BrClF3N6O. The number of nitrogens with zero attached hydrogens (tertiary/aromatic N) is 4. The Hall–Kier alpha value is -3.70. The summed E-state index contributed by atoms with van der Waals surface area (Å²) in [5.41, 5.74) is 0.948. The number of rotatable bonds is 5. The second-order valence-electron chi connectivity index (χ2n) is 7.36. The van der Waals surface area contributed by atoms with Crippen molar-refractivity contribution in [3.63, 3.8) is 0 Å². The molecule has 0 atom stereocenters. The number of hydrogen-bond donors (Lipinski definition) is 2. The van der Waals surface area contributed by atoms with Crippen LogP contribution < -0.4 is 5.32 Å². The van der Waals surface area contributed by atoms with Gasteiger partial charge in [-0.3, -0.25) is 4.79 Å². The highest BCUT2D eigenvalue weighted by Gasteiger charge is 2.20. The fraction of sp³-hybridized carbons (Fsp3) is 0.0435. The summed E-state index contributed by atoms with van der Waals surface area (Å²) < 4.78 is 43.4. The molecule has 5 aromatic rings. The largest absolute Gasteiger partial charge is 0.348 e. The predicted octanol–water partition coefficient (Wildman–Crippen LogP) is 5.57. The molecular weight excluding hydrogens is 549 g/mol. The molecule has 3 aromatic heterocycles. The lowest BCUT2D eigenvalue weighted by molar-refractivity contribution is 0.0951. The summed E-state index contributed by atoms with van der Waals surface area (Å²) in [4.78, 5) is 24.8. The molecule has 1 amide bonds. The summed E-state index contributed by atoms with van der Waals surface area (Å²) in [7, 11) is 0. The lowest BCUT2D eigenvalue weighted by Crippen LogP contribution is -2.24. The molecule has 35 heavy (non-hydrogen) atoms. The van der Waals surface area contributed by atoms with E-state index in [9.17, 15) is 18.0 Å². The van der Waals surface area contributed by atoms with Crippen LogP contribution in [0.1, 0.15) is 15.9 Å². The number of carbonyl (C=O) groups is 1. The number of aromatic nitrogens is 5. The van der Waals surface area contributed by atoms with Gasteiger partial charge in [-0.15, -0.1) is 0 Å². The Labute approximate surface area is 209 Å². The summed E-state index contributed by atoms with van der Waals surface area (Å²) in [5, 5.41) is 7.17. The molecule has 7 nitrogen and oxygen atoms in total. The Balaban J connectivity index is 1.50. The minimum absolute atomic E-state index is 0.156. The van der Waals surface area contributed by atoms with Gasteiger partial charge in [-0.1, -0.05) is 17.7 Å². The predicted molar refractivity (Wildman–Crippen MR) is 127 cm³/mol. The van der Waals surface area contributed by atoms with Gasteiger partial charge in [0.1, 0.15) is 21.6 Å². The van der Waals surface area contributed by atoms with Gasteiger partial charge < -0.3 is 10.3 Å². The van der Waals surface area contributed by atoms with E-state index in [0.29, 0.717) is 44.1 Å². The van der Waals surface area contributed by atoms with Crippen LogP contribution >= 0.6 is 27.5 Å². The average Bonchev–Trinajstić information content (AvgIpc) is 3.45. The van der Waals surface area contributed by atoms with Gasteiger partial charge in [0, 0.05) is 24.4 Å². The van der Waals surface area contributed by atoms with E-state index in [1.165, 1.54) is 10.7 Å². The van der Waals surface area contributed by atoms with E-state index in [1.807, 2.05) is 0 Å². The highest BCUT2D eigenvalue weighted by molar-refractivity contribution is 9.10. The Bertz CT molecular complexity index is 1600. The quantitative estimate of drug-likeness (QED) is 0.275. The van der Waals surface area contributed by atoms with Crippen molar-refractivity contribution in [2.45, 2.75) is 6.54 Å². The van der Waals surface area contributed by atoms with Crippen LogP contribution in [0.3, 0.4) is 0 Å². The Kier molecular flexibility index (Phi) is 6.03. The number of imidazole rings is 1. The molecule has 3 heterocycles. The number of amides is 1. The lowest BCUT2D eigenvalue weighted by atomic mass is 10.1. The molecule has 176 valence electrons. The molecule has 0 aliphatic carbocycles. The number of para-hydroxylation sites is 1. The van der Waals surface area contributed by atoms with Crippen molar-refractivity contribution in [2.24, 2.45) is 0 Å². The first kappa shape index (κ1) is 23.1. The highest BCUT2D eigenvalue weighted by Crippen LogP contribution is 2.29. The first-order valence-corrected chi connectivity index (χ1v) is 11.3. The van der Waals surface area contributed by atoms with Crippen LogP contribution in [0.5, 0.6) is 0 Å². The standard InChI is InChI=1S/C23H13BrClF3N6O/c24-18-9-17(34(33-18)22-13(25)4-2-8-29-22)21-31-16-5-1-3-11(20(16)32-21)23(35)30-10-12-14(26)6-7-15(27)19(12)28/h1-9H,10H2,(H,30,35)(H,31,32). The van der Waals surface area contributed by atoms with Gasteiger partial charge in [0.05, 0.1) is 16.1 Å². The maximum Gasteiger partial charge on any atom is 0.253 e. The number of pyridine rings is 1. The van der Waals surface area contributed by atoms with Gasteiger partial charge in [-0.05, 0) is 52.3 Å². The molecule has 0 bridgehead atoms. The molecule has 0 aliphatic heterocycles. The third-order valence-corrected chi connectivity index (χ3v) is 5.87. The SMILES string of the molecule is O=C(NCc1c(F)ccc(F)c1F)c1cccc2[nH]c(-c3cc(Br)nn3-c3ncccc3Cl)nc12. The Morgan fingerprint density at radius 3 is 2.71 bits per heavy atom. The molecule has 2 N–H and O–H groups in total. The number of nitrogens with one attached hydrogen (secondary N) is 2. The maximum absolute atomic E-state index is 14.0. The van der Waals surface area contributed by atoms with Gasteiger partial charge in [0.15, 0.2) is 23.3 Å². The minimum Gasteiger partial charge on any atom is -0.348 e. The number of H-pyrrole nitrogens is 1. The summed E-state index contributed by atoms with van der Waals surface area (Å²) in [6, 6.07) is 11.4. The van der Waals surface area contributed by atoms with Crippen molar-refractivity contribution in [2.75, 3.05) is 0 Å². The second-order valence-corrected chi connectivity index (χ2v) is 8.58. The van der Waals surface area contributed by atoms with Gasteiger partial charge in [0.2, 0.25) is 0 Å². The van der Waals surface area contributed by atoms with Crippen LogP contribution in [0.15, 0.2) is 59.3 Å². The fourth-order valence-corrected chi connectivity index (χ4v) is 4.12. The van der Waals surface area contributed by atoms with Crippen LogP contribution in [0.25, 0.3) is 28.4 Å². The zero-order valence-electron chi connectivity index (χ0n) is 17.5. The normalized spacial score (nSPS) is 11.2. The van der Waals surface area contributed by atoms with Crippen molar-refractivity contribution in [1.82, 2.24) is 30.0 Å². The minimum atomic E-state index is -1.35. The van der Waals surface area contributed by atoms with Crippen LogP contribution in [0, 0.1) is 17.5 Å². The van der Waals surface area contributed by atoms with Gasteiger partial charge >= 0.3 is 0 Å². The molecule has 0 fully saturated rings. The average molecular weight is 562 g/mol. The van der Waals surface area contributed by atoms with Crippen molar-refractivity contribution < 1.29 is 18.0 Å². The first-order chi connectivity index (χ1) is 16.8. The fourth-order valence-electron chi connectivity index (χ4n) is 3.55. The number of carbonyl (C=O) groups excluding carboxylic acids is 1. The Morgan fingerprint density at radius 1 is 1.11 bits per heavy atom. The molecule has 0 radical (unpaired) electrons. The van der Waals surface area contributed by atoms with E-state index in [4.69, 9.17) is 11.6 Å². The molecule has 5 rings (SSSR count). The van der Waals surface area contributed by atoms with E-state index >= 15 is 0 Å². The Morgan fingerprint density at radius 2 is 1.91 bits per heavy atom. The van der Waals surface area contributed by atoms with Crippen molar-refractivity contribution in [1.29, 1.82) is 0 Å². The van der Waals surface area contributed by atoms with E-state index in [1.54, 1.807) is 36.5 Å². The van der Waals surface area contributed by atoms with Crippen molar-refractivity contribution in [3.05, 3.63) is 92.9 Å². The number of fused-ring (bicyclic) bond motifs is 1. The highest BCUT2D eigenvalue weighted by atomic mass is 79.9. The number of aromatic amines is 1. The summed E-state index contributed by atoms with van der Waals surface area (Å²) in [5.74, 6) is -3.39. The van der Waals surface area contributed by atoms with E-state index < -0.39 is 35.5 Å². The summed E-state index contributed by atoms with van der Waals surface area (Å²) in [6.45, 7) is -0.542. The van der Waals surface area contributed by atoms with E-state index in [0.717, 1.165) is 6.07 Å². The van der Waals surface area contributed by atoms with Gasteiger partial charge in [-0.2, -0.15) is 5.10 Å². The molecule has 0 unspecified atom stereocenters. The van der Waals surface area contributed by atoms with Gasteiger partial charge in [-0.25, -0.2) is 27.8 Å². The number of hydrogen-bond acceptors (Lipinski definition) is 4. The monoisotopic (exact) mass is 560 g/mol. The van der Waals surface area contributed by atoms with Crippen LogP contribution in [-0.2, 0) is 6.54 Å². The maximum atomic E-state index is 14.0. The van der Waals surface area contributed by atoms with Crippen LogP contribution in [0.4, 0.5) is 13.2 Å². The molecule has 2 aromatic carbocycles. The lowest BCUT2D eigenvalue weighted by Gasteiger charge is -2.08. The molecule has 0 aliphatic rings. The zero-order chi connectivity index (χ0) is 24.7. The number of halogens is 5. The zero-order valence-corrected chi connectivity index (χ0v) is 19.8. The molecule has 0 saturated carbocycles. The van der Waals surface area contributed by atoms with Crippen molar-refractivity contribution in [3.8, 4) is 17.3 Å². The topological polar surface area (TPSA) is 88.5 Å². The first-order valence-electron chi connectivity index (χ1n) is 10.1. The third kappa shape index (κ3) is 4.28. The van der Waals surface area contributed by atoms with Crippen LogP contribution in [0.2, 0.25) is 5.02 Å². The van der Waals surface area contributed by atoms with Crippen LogP contribution in [-0.4, -0.2) is 30.6 Å². The number of benzene rings is 2. The summed E-state index contributed by atoms with van der Waals surface area (Å²) >= 11 is 9.64. The molecule has 0 saturated heterocycles. The summed E-state index contributed by atoms with van der Waals surface area (Å²) in [6.07, 6.45) is 1.58. The third-order valence-electron chi connectivity index (χ3n) is 5.18. The van der Waals surface area contributed by atoms with Gasteiger partial charge in [0.25, 0.3) is 5.91 Å². The van der Waals surface area contributed by atoms with E-state index in [2.05, 4.69) is 41.3 Å². The molecule has 12 heteroatoms. The smallest absolute Gasteiger partial charge is 0.253 e. The second kappa shape index (κ2) is 9.16. The van der Waals surface area contributed by atoms with Crippen molar-refractivity contribution >= 4 is 44.5 Å². The molecule has 0 spiro atoms.